The number of benzene rings is 1. The Labute approximate surface area is 113 Å². The van der Waals surface area contributed by atoms with E-state index in [2.05, 4.69) is 41.4 Å². The Morgan fingerprint density at radius 2 is 2.21 bits per heavy atom. The number of aryl methyl sites for hydroxylation is 2. The van der Waals surface area contributed by atoms with E-state index in [1.165, 1.54) is 11.1 Å². The number of nitrogens with two attached hydrogens (primary N) is 1. The van der Waals surface area contributed by atoms with Crippen molar-refractivity contribution in [2.24, 2.45) is 10.7 Å². The van der Waals surface area contributed by atoms with Crippen LogP contribution in [0.3, 0.4) is 0 Å². The maximum Gasteiger partial charge on any atom is 0.193 e. The molecule has 2 aromatic rings. The Hall–Kier alpha value is -2.30. The normalized spacial score (nSPS) is 11.6. The van der Waals surface area contributed by atoms with Crippen LogP contribution >= 0.6 is 0 Å². The SMILES string of the molecule is Cc1ccc(NC(N)=NCCn2cccn2)cc1C. The highest BCUT2D eigenvalue weighted by Gasteiger charge is 1.98. The van der Waals surface area contributed by atoms with Crippen molar-refractivity contribution >= 4 is 11.6 Å². The third-order valence-corrected chi connectivity index (χ3v) is 2.95. The largest absolute Gasteiger partial charge is 0.370 e. The predicted octanol–water partition coefficient (Wildman–Crippen LogP) is 1.93. The van der Waals surface area contributed by atoms with E-state index in [0.717, 1.165) is 12.2 Å². The molecule has 2 rings (SSSR count). The molecule has 1 aromatic heterocycles. The summed E-state index contributed by atoms with van der Waals surface area (Å²) >= 11 is 0. The van der Waals surface area contributed by atoms with Crippen molar-refractivity contribution in [2.75, 3.05) is 11.9 Å². The maximum absolute atomic E-state index is 5.84. The molecule has 0 bridgehead atoms. The van der Waals surface area contributed by atoms with E-state index < -0.39 is 0 Å². The van der Waals surface area contributed by atoms with Gasteiger partial charge >= 0.3 is 0 Å². The van der Waals surface area contributed by atoms with Crippen LogP contribution < -0.4 is 11.1 Å². The van der Waals surface area contributed by atoms with E-state index >= 15 is 0 Å². The van der Waals surface area contributed by atoms with Gasteiger partial charge in [0.05, 0.1) is 13.1 Å². The summed E-state index contributed by atoms with van der Waals surface area (Å²) in [7, 11) is 0. The number of anilines is 1. The minimum absolute atomic E-state index is 0.426. The first kappa shape index (κ1) is 13.1. The lowest BCUT2D eigenvalue weighted by Gasteiger charge is -2.08. The van der Waals surface area contributed by atoms with Crippen molar-refractivity contribution in [3.05, 3.63) is 47.8 Å². The van der Waals surface area contributed by atoms with Crippen LogP contribution in [-0.2, 0) is 6.54 Å². The first-order valence-corrected chi connectivity index (χ1v) is 6.27. The second kappa shape index (κ2) is 6.04. The van der Waals surface area contributed by atoms with Gasteiger partial charge in [-0.3, -0.25) is 9.67 Å². The van der Waals surface area contributed by atoms with E-state index in [0.29, 0.717) is 12.5 Å². The lowest BCUT2D eigenvalue weighted by atomic mass is 10.1. The van der Waals surface area contributed by atoms with Gasteiger partial charge in [0.2, 0.25) is 0 Å². The van der Waals surface area contributed by atoms with E-state index in [-0.39, 0.29) is 0 Å². The Morgan fingerprint density at radius 3 is 2.89 bits per heavy atom. The number of hydrogen-bond donors (Lipinski definition) is 2. The first-order valence-electron chi connectivity index (χ1n) is 6.27. The summed E-state index contributed by atoms with van der Waals surface area (Å²) in [4.78, 5) is 4.27. The summed E-state index contributed by atoms with van der Waals surface area (Å²) < 4.78 is 1.83. The molecule has 0 saturated heterocycles. The van der Waals surface area contributed by atoms with Crippen LogP contribution in [0.15, 0.2) is 41.7 Å². The molecule has 0 aliphatic carbocycles. The number of aliphatic imine (C=N–C) groups is 1. The van der Waals surface area contributed by atoms with Crippen molar-refractivity contribution < 1.29 is 0 Å². The zero-order valence-corrected chi connectivity index (χ0v) is 11.3. The first-order chi connectivity index (χ1) is 9.15. The monoisotopic (exact) mass is 257 g/mol. The molecule has 0 aliphatic rings. The van der Waals surface area contributed by atoms with E-state index in [1.807, 2.05) is 23.0 Å². The topological polar surface area (TPSA) is 68.2 Å². The minimum Gasteiger partial charge on any atom is -0.370 e. The fraction of sp³-hybridized carbons (Fsp3) is 0.286. The van der Waals surface area contributed by atoms with Gasteiger partial charge in [-0.25, -0.2) is 0 Å². The van der Waals surface area contributed by atoms with Crippen molar-refractivity contribution in [3.8, 4) is 0 Å². The van der Waals surface area contributed by atoms with Gasteiger partial charge in [-0.15, -0.1) is 0 Å². The Bertz CT molecular complexity index is 557. The summed E-state index contributed by atoms with van der Waals surface area (Å²) in [6.45, 7) is 5.49. The minimum atomic E-state index is 0.426. The Kier molecular flexibility index (Phi) is 4.18. The summed E-state index contributed by atoms with van der Waals surface area (Å²) in [6, 6.07) is 8.01. The molecule has 100 valence electrons. The standard InChI is InChI=1S/C14H19N5/c1-11-4-5-13(10-12(11)2)18-14(15)16-7-9-19-8-3-6-17-19/h3-6,8,10H,7,9H2,1-2H3,(H3,15,16,18). The predicted molar refractivity (Wildman–Crippen MR) is 78.3 cm³/mol. The smallest absolute Gasteiger partial charge is 0.193 e. The lowest BCUT2D eigenvalue weighted by Crippen LogP contribution is -2.23. The van der Waals surface area contributed by atoms with Gasteiger partial charge in [0, 0.05) is 18.1 Å². The van der Waals surface area contributed by atoms with Crippen molar-refractivity contribution in [2.45, 2.75) is 20.4 Å². The third-order valence-electron chi connectivity index (χ3n) is 2.95. The van der Waals surface area contributed by atoms with Gasteiger partial charge in [-0.2, -0.15) is 5.10 Å². The molecule has 0 aliphatic heterocycles. The molecule has 19 heavy (non-hydrogen) atoms. The fourth-order valence-electron chi connectivity index (χ4n) is 1.71. The summed E-state index contributed by atoms with van der Waals surface area (Å²) in [5, 5.41) is 7.19. The highest BCUT2D eigenvalue weighted by molar-refractivity contribution is 5.92. The van der Waals surface area contributed by atoms with Crippen LogP contribution in [0.25, 0.3) is 0 Å². The number of aromatic nitrogens is 2. The maximum atomic E-state index is 5.84. The molecular formula is C14H19N5. The van der Waals surface area contributed by atoms with E-state index in [9.17, 15) is 0 Å². The molecule has 1 heterocycles. The molecule has 0 unspecified atom stereocenters. The van der Waals surface area contributed by atoms with Crippen molar-refractivity contribution in [3.63, 3.8) is 0 Å². The van der Waals surface area contributed by atoms with Crippen molar-refractivity contribution in [1.29, 1.82) is 0 Å². The number of nitrogens with zero attached hydrogens (tertiary/aromatic N) is 3. The van der Waals surface area contributed by atoms with Crippen LogP contribution in [-0.4, -0.2) is 22.3 Å². The summed E-state index contributed by atoms with van der Waals surface area (Å²) in [6.07, 6.45) is 3.66. The molecular weight excluding hydrogens is 238 g/mol. The molecule has 0 atom stereocenters. The number of guanidine groups is 1. The summed E-state index contributed by atoms with van der Waals surface area (Å²) in [5.41, 5.74) is 9.30. The lowest BCUT2D eigenvalue weighted by molar-refractivity contribution is 0.625. The highest BCUT2D eigenvalue weighted by Crippen LogP contribution is 2.13. The zero-order chi connectivity index (χ0) is 13.7. The van der Waals surface area contributed by atoms with E-state index in [4.69, 9.17) is 5.73 Å². The third kappa shape index (κ3) is 3.84. The van der Waals surface area contributed by atoms with Crippen LogP contribution in [0.1, 0.15) is 11.1 Å². The van der Waals surface area contributed by atoms with Gasteiger partial charge in [-0.05, 0) is 43.2 Å². The fourth-order valence-corrected chi connectivity index (χ4v) is 1.71. The number of nitrogens with one attached hydrogen (secondary N) is 1. The van der Waals surface area contributed by atoms with Gasteiger partial charge in [0.15, 0.2) is 5.96 Å². The molecule has 5 nitrogen and oxygen atoms in total. The second-order valence-electron chi connectivity index (χ2n) is 4.46. The second-order valence-corrected chi connectivity index (χ2v) is 4.46. The van der Waals surface area contributed by atoms with Crippen LogP contribution in [0.5, 0.6) is 0 Å². The average molecular weight is 257 g/mol. The van der Waals surface area contributed by atoms with Gasteiger partial charge in [-0.1, -0.05) is 6.07 Å². The van der Waals surface area contributed by atoms with Crippen LogP contribution in [0.2, 0.25) is 0 Å². The molecule has 0 amide bonds. The summed E-state index contributed by atoms with van der Waals surface area (Å²) in [5.74, 6) is 0.426. The molecule has 0 saturated carbocycles. The molecule has 0 radical (unpaired) electrons. The molecule has 0 spiro atoms. The number of hydrogen-bond acceptors (Lipinski definition) is 2. The van der Waals surface area contributed by atoms with Crippen molar-refractivity contribution in [1.82, 2.24) is 9.78 Å². The quantitative estimate of drug-likeness (QED) is 0.649. The Balaban J connectivity index is 1.89. The van der Waals surface area contributed by atoms with Gasteiger partial charge < -0.3 is 11.1 Å². The van der Waals surface area contributed by atoms with Crippen LogP contribution in [0, 0.1) is 13.8 Å². The van der Waals surface area contributed by atoms with Gasteiger partial charge in [0.1, 0.15) is 0 Å². The molecule has 3 N–H and O–H groups in total. The van der Waals surface area contributed by atoms with Crippen LogP contribution in [0.4, 0.5) is 5.69 Å². The molecule has 5 heteroatoms. The Morgan fingerprint density at radius 1 is 1.37 bits per heavy atom. The van der Waals surface area contributed by atoms with Gasteiger partial charge in [0.25, 0.3) is 0 Å². The highest BCUT2D eigenvalue weighted by atomic mass is 15.3. The molecule has 1 aromatic carbocycles. The molecule has 0 fully saturated rings. The average Bonchev–Trinajstić information content (AvgIpc) is 2.87. The number of rotatable bonds is 4. The van der Waals surface area contributed by atoms with E-state index in [1.54, 1.807) is 6.20 Å². The zero-order valence-electron chi connectivity index (χ0n) is 11.3.